The molecule has 2 amide bonds. The lowest BCUT2D eigenvalue weighted by Gasteiger charge is -2.31. The molecule has 0 bridgehead atoms. The zero-order valence-corrected chi connectivity index (χ0v) is 40.8. The van der Waals surface area contributed by atoms with Gasteiger partial charge in [-0.25, -0.2) is 19.9 Å². The number of benzene rings is 2. The SMILES string of the molecule is C.C.CC(C(N)=O)c1ccccc1CCc1nc(Cc2cnn(C3CCNCC3)c2)ncc1C(F)(F)F.CCN1CCC(n2cc(Cc3ncc(C(F)(F)F)c(CCc4ccccc4C(C)C(N)=O)n3)cn2)CC1. The Kier molecular flexibility index (Phi) is 20.6. The Labute approximate surface area is 429 Å². The Morgan fingerprint density at radius 3 is 1.43 bits per heavy atom. The minimum absolute atomic E-state index is 0. The number of hydrogen-bond donors (Lipinski definition) is 3. The minimum atomic E-state index is -4.56. The first-order valence-corrected chi connectivity index (χ1v) is 24.4. The third-order valence-electron chi connectivity index (χ3n) is 13.7. The average Bonchev–Trinajstić information content (AvgIpc) is 4.05. The summed E-state index contributed by atoms with van der Waals surface area (Å²) in [6, 6.07) is 15.0. The normalized spacial score (nSPS) is 15.5. The van der Waals surface area contributed by atoms with Crippen LogP contribution in [0.2, 0.25) is 0 Å². The summed E-state index contributed by atoms with van der Waals surface area (Å²) in [6.45, 7) is 10.5. The molecule has 8 rings (SSSR count). The van der Waals surface area contributed by atoms with Gasteiger partial charge in [0, 0.05) is 50.7 Å². The highest BCUT2D eigenvalue weighted by Gasteiger charge is 2.36. The fourth-order valence-electron chi connectivity index (χ4n) is 9.40. The number of nitrogens with zero attached hydrogens (tertiary/aromatic N) is 9. The first kappa shape index (κ1) is 58.4. The molecule has 0 spiro atoms. The van der Waals surface area contributed by atoms with Gasteiger partial charge in [0.05, 0.1) is 58.8 Å². The number of aryl methyl sites for hydroxylation is 4. The van der Waals surface area contributed by atoms with Crippen LogP contribution < -0.4 is 16.8 Å². The predicted octanol–water partition coefficient (Wildman–Crippen LogP) is 9.17. The highest BCUT2D eigenvalue weighted by molar-refractivity contribution is 5.82. The highest BCUT2D eigenvalue weighted by Crippen LogP contribution is 2.34. The van der Waals surface area contributed by atoms with Crippen LogP contribution in [-0.2, 0) is 60.5 Å². The third-order valence-corrected chi connectivity index (χ3v) is 13.7. The lowest BCUT2D eigenvalue weighted by molar-refractivity contribution is -0.139. The van der Waals surface area contributed by atoms with Crippen molar-refractivity contribution in [1.82, 2.24) is 49.7 Å². The summed E-state index contributed by atoms with van der Waals surface area (Å²) in [7, 11) is 0. The molecule has 74 heavy (non-hydrogen) atoms. The van der Waals surface area contributed by atoms with E-state index in [1.165, 1.54) is 0 Å². The maximum absolute atomic E-state index is 13.8. The zero-order chi connectivity index (χ0) is 51.6. The molecule has 0 radical (unpaired) electrons. The Hall–Kier alpha value is -6.54. The van der Waals surface area contributed by atoms with Crippen molar-refractivity contribution >= 4 is 11.8 Å². The second-order valence-corrected chi connectivity index (χ2v) is 18.6. The van der Waals surface area contributed by atoms with Crippen LogP contribution in [0, 0.1) is 0 Å². The summed E-state index contributed by atoms with van der Waals surface area (Å²) in [5.74, 6) is -1.40. The lowest BCUT2D eigenvalue weighted by atomic mass is 9.92. The van der Waals surface area contributed by atoms with Gasteiger partial charge in [-0.2, -0.15) is 36.5 Å². The second kappa shape index (κ2) is 26.1. The van der Waals surface area contributed by atoms with Crippen LogP contribution in [0.1, 0.15) is 153 Å². The molecule has 400 valence electrons. The fourth-order valence-corrected chi connectivity index (χ4v) is 9.40. The van der Waals surface area contributed by atoms with Crippen molar-refractivity contribution in [3.8, 4) is 0 Å². The predicted molar refractivity (Wildman–Crippen MR) is 272 cm³/mol. The molecule has 2 fully saturated rings. The molecule has 2 aromatic carbocycles. The molecule has 6 aromatic rings. The molecule has 14 nitrogen and oxygen atoms in total. The lowest BCUT2D eigenvalue weighted by Crippen LogP contribution is -2.34. The average molecular weight is 1030 g/mol. The topological polar surface area (TPSA) is 189 Å². The maximum Gasteiger partial charge on any atom is 0.419 e. The summed E-state index contributed by atoms with van der Waals surface area (Å²) in [6.07, 6.45) is 5.28. The van der Waals surface area contributed by atoms with Crippen molar-refractivity contribution in [1.29, 1.82) is 0 Å². The van der Waals surface area contributed by atoms with Gasteiger partial charge in [0.2, 0.25) is 11.8 Å². The van der Waals surface area contributed by atoms with Crippen LogP contribution in [0.5, 0.6) is 0 Å². The number of likely N-dealkylation sites (tertiary alicyclic amines) is 1. The van der Waals surface area contributed by atoms with Crippen LogP contribution in [0.15, 0.2) is 85.7 Å². The van der Waals surface area contributed by atoms with E-state index in [1.54, 1.807) is 68.7 Å². The van der Waals surface area contributed by atoms with Crippen molar-refractivity contribution in [2.45, 2.75) is 136 Å². The van der Waals surface area contributed by atoms with E-state index in [9.17, 15) is 35.9 Å². The second-order valence-electron chi connectivity index (χ2n) is 18.6. The van der Waals surface area contributed by atoms with Gasteiger partial charge in [-0.1, -0.05) is 70.3 Å². The van der Waals surface area contributed by atoms with E-state index in [1.807, 2.05) is 27.8 Å². The number of carbonyl (C=O) groups excluding carboxylic acids is 2. The number of hydrogen-bond acceptors (Lipinski definition) is 10. The van der Waals surface area contributed by atoms with Gasteiger partial charge in [0.1, 0.15) is 11.6 Å². The smallest absolute Gasteiger partial charge is 0.369 e. The molecule has 5 N–H and O–H groups in total. The highest BCUT2D eigenvalue weighted by atomic mass is 19.4. The van der Waals surface area contributed by atoms with Crippen molar-refractivity contribution in [2.75, 3.05) is 32.7 Å². The summed E-state index contributed by atoms with van der Waals surface area (Å²) >= 11 is 0. The number of piperidine rings is 2. The standard InChI is InChI=1S/C27H33F3N6O.C25H29F3N6O.2CH4/c1-3-35-12-10-21(11-13-35)36-17-19(15-33-36)14-25-32-16-23(27(28,29)30)24(34-25)9-8-20-6-4-5-7-22(20)18(2)26(31)37;1-16(24(29)35)20-5-3-2-4-18(20)6-7-22-21(25(26,27)28)14-31-23(33-22)12-17-13-32-34(15-17)19-8-10-30-11-9-19;;/h4-7,15-18,21H,3,8-14H2,1-2H3,(H2,31,37);2-5,13-16,19,30H,6-12H2,1H3,(H2,29,35);2*1H4. The third kappa shape index (κ3) is 15.3. The van der Waals surface area contributed by atoms with Gasteiger partial charge in [0.25, 0.3) is 0 Å². The number of carbonyl (C=O) groups is 2. The molecule has 2 atom stereocenters. The van der Waals surface area contributed by atoms with Gasteiger partial charge in [-0.15, -0.1) is 0 Å². The summed E-state index contributed by atoms with van der Waals surface area (Å²) in [5.41, 5.74) is 13.8. The zero-order valence-electron chi connectivity index (χ0n) is 40.8. The van der Waals surface area contributed by atoms with Crippen molar-refractivity contribution in [2.24, 2.45) is 11.5 Å². The number of primary amides is 2. The molecule has 0 saturated carbocycles. The van der Waals surface area contributed by atoms with E-state index in [2.05, 4.69) is 47.3 Å². The van der Waals surface area contributed by atoms with Gasteiger partial charge in [0.15, 0.2) is 0 Å². The Morgan fingerprint density at radius 2 is 1.04 bits per heavy atom. The van der Waals surface area contributed by atoms with E-state index in [0.29, 0.717) is 55.0 Å². The van der Waals surface area contributed by atoms with Crippen LogP contribution in [-0.4, -0.2) is 88.9 Å². The van der Waals surface area contributed by atoms with Crippen molar-refractivity contribution in [3.63, 3.8) is 0 Å². The number of aromatic nitrogens is 8. The van der Waals surface area contributed by atoms with E-state index in [-0.39, 0.29) is 39.1 Å². The van der Waals surface area contributed by atoms with E-state index < -0.39 is 47.1 Å². The molecule has 4 aromatic heterocycles. The number of alkyl halides is 6. The summed E-state index contributed by atoms with van der Waals surface area (Å²) < 4.78 is 86.2. The Balaban J connectivity index is 0.000000267. The Morgan fingerprint density at radius 1 is 0.635 bits per heavy atom. The summed E-state index contributed by atoms with van der Waals surface area (Å²) in [4.78, 5) is 42.5. The Bertz CT molecular complexity index is 2760. The van der Waals surface area contributed by atoms with Crippen LogP contribution in [0.4, 0.5) is 26.3 Å². The molecule has 20 heteroatoms. The summed E-state index contributed by atoms with van der Waals surface area (Å²) in [5, 5.41) is 12.3. The van der Waals surface area contributed by atoms with Crippen molar-refractivity contribution in [3.05, 3.63) is 153 Å². The quantitative estimate of drug-likeness (QED) is 0.0744. The van der Waals surface area contributed by atoms with Gasteiger partial charge < -0.3 is 21.7 Å². The maximum atomic E-state index is 13.8. The number of amides is 2. The molecular formula is C54H70F6N12O2. The number of halogens is 6. The largest absolute Gasteiger partial charge is 0.419 e. The molecule has 0 aliphatic carbocycles. The van der Waals surface area contributed by atoms with Crippen LogP contribution >= 0.6 is 0 Å². The molecular weight excluding hydrogens is 963 g/mol. The molecule has 2 saturated heterocycles. The van der Waals surface area contributed by atoms with Crippen LogP contribution in [0.3, 0.4) is 0 Å². The van der Waals surface area contributed by atoms with Crippen LogP contribution in [0.25, 0.3) is 0 Å². The first-order chi connectivity index (χ1) is 34.4. The number of nitrogens with one attached hydrogen (secondary N) is 1. The van der Waals surface area contributed by atoms with E-state index in [4.69, 9.17) is 11.5 Å². The van der Waals surface area contributed by atoms with Crippen molar-refractivity contribution < 1.29 is 35.9 Å². The monoisotopic (exact) mass is 1030 g/mol. The van der Waals surface area contributed by atoms with E-state index in [0.717, 1.165) is 98.6 Å². The minimum Gasteiger partial charge on any atom is -0.369 e. The van der Waals surface area contributed by atoms with Gasteiger partial charge in [-0.3, -0.25) is 19.0 Å². The number of nitrogens with two attached hydrogens (primary N) is 2. The molecule has 2 aliphatic heterocycles. The molecule has 6 heterocycles. The van der Waals surface area contributed by atoms with Gasteiger partial charge in [-0.05, 0) is 118 Å². The fraction of sp³-hybridized carbons (Fsp3) is 0.481. The molecule has 2 unspecified atom stereocenters. The first-order valence-electron chi connectivity index (χ1n) is 24.4. The molecule has 2 aliphatic rings. The number of rotatable bonds is 17. The van der Waals surface area contributed by atoms with Gasteiger partial charge >= 0.3 is 12.4 Å². The van der Waals surface area contributed by atoms with E-state index >= 15 is 0 Å².